The molecule has 1 atom stereocenters. The number of hydrogen-bond acceptors (Lipinski definition) is 4. The fraction of sp³-hybridized carbons (Fsp3) is 0.375. The normalized spacial score (nSPS) is 14.8. The van der Waals surface area contributed by atoms with Crippen LogP contribution in [0, 0.1) is 13.8 Å². The number of hydrogen-bond donors (Lipinski definition) is 1. The number of rotatable bonds is 10. The molecule has 8 heteroatoms. The fourth-order valence-corrected chi connectivity index (χ4v) is 6.52. The molecule has 0 aromatic heterocycles. The van der Waals surface area contributed by atoms with Crippen LogP contribution < -0.4 is 9.62 Å². The maximum atomic E-state index is 14.1. The van der Waals surface area contributed by atoms with Crippen molar-refractivity contribution >= 4 is 27.5 Å². The quantitative estimate of drug-likeness (QED) is 0.361. The van der Waals surface area contributed by atoms with Crippen molar-refractivity contribution in [3.8, 4) is 0 Å². The van der Waals surface area contributed by atoms with Crippen LogP contribution in [-0.4, -0.2) is 43.8 Å². The van der Waals surface area contributed by atoms with E-state index < -0.39 is 28.5 Å². The predicted octanol–water partition coefficient (Wildman–Crippen LogP) is 5.36. The second kappa shape index (κ2) is 13.1. The van der Waals surface area contributed by atoms with Crippen LogP contribution in [-0.2, 0) is 26.2 Å². The van der Waals surface area contributed by atoms with Gasteiger partial charge in [-0.15, -0.1) is 0 Å². The number of amides is 2. The smallest absolute Gasteiger partial charge is 0.264 e. The zero-order valence-corrected chi connectivity index (χ0v) is 24.4. The summed E-state index contributed by atoms with van der Waals surface area (Å²) in [5.74, 6) is -0.670. The van der Waals surface area contributed by atoms with E-state index in [2.05, 4.69) is 5.32 Å². The molecule has 0 radical (unpaired) electrons. The van der Waals surface area contributed by atoms with E-state index in [1.807, 2.05) is 50.2 Å². The predicted molar refractivity (Wildman–Crippen MR) is 158 cm³/mol. The van der Waals surface area contributed by atoms with Crippen molar-refractivity contribution in [2.75, 3.05) is 10.8 Å². The Balaban J connectivity index is 1.67. The van der Waals surface area contributed by atoms with Gasteiger partial charge in [0, 0.05) is 12.6 Å². The van der Waals surface area contributed by atoms with Gasteiger partial charge < -0.3 is 10.2 Å². The second-order valence-electron chi connectivity index (χ2n) is 10.6. The first kappa shape index (κ1) is 29.3. The molecule has 0 spiro atoms. The van der Waals surface area contributed by atoms with Gasteiger partial charge in [0.05, 0.1) is 10.6 Å². The van der Waals surface area contributed by atoms with Crippen molar-refractivity contribution in [1.29, 1.82) is 0 Å². The average Bonchev–Trinajstić information content (AvgIpc) is 2.96. The first-order valence-electron chi connectivity index (χ1n) is 14.0. The number of nitrogens with one attached hydrogen (secondary N) is 1. The Bertz CT molecular complexity index is 1400. The highest BCUT2D eigenvalue weighted by molar-refractivity contribution is 7.92. The maximum absolute atomic E-state index is 14.1. The lowest BCUT2D eigenvalue weighted by atomic mass is 9.95. The molecular formula is C32H39N3O4S. The third-order valence-corrected chi connectivity index (χ3v) is 9.44. The van der Waals surface area contributed by atoms with E-state index in [0.29, 0.717) is 5.69 Å². The molecule has 40 heavy (non-hydrogen) atoms. The zero-order valence-electron chi connectivity index (χ0n) is 23.5. The van der Waals surface area contributed by atoms with Crippen LogP contribution in [0.3, 0.4) is 0 Å². The van der Waals surface area contributed by atoms with Gasteiger partial charge in [-0.3, -0.25) is 13.9 Å². The summed E-state index contributed by atoms with van der Waals surface area (Å²) in [7, 11) is -4.06. The van der Waals surface area contributed by atoms with Crippen molar-refractivity contribution in [2.45, 2.75) is 76.4 Å². The van der Waals surface area contributed by atoms with Crippen molar-refractivity contribution in [3.05, 3.63) is 95.6 Å². The summed E-state index contributed by atoms with van der Waals surface area (Å²) in [6, 6.07) is 22.2. The molecule has 1 saturated carbocycles. The fourth-order valence-electron chi connectivity index (χ4n) is 5.08. The van der Waals surface area contributed by atoms with E-state index in [1.54, 1.807) is 37.3 Å². The number of nitrogens with zero attached hydrogens (tertiary/aromatic N) is 2. The standard InChI is InChI=1S/C32H39N3O4S/c1-24-18-20-29(21-19-24)35(40(38,39)30-16-8-5-9-17-30)23-31(36)34(22-27-13-11-10-12-25(27)2)26(3)32(37)33-28-14-6-4-7-15-28/h5,8-13,16-21,26,28H,4,6-7,14-15,22-23H2,1-3H3,(H,33,37). The lowest BCUT2D eigenvalue weighted by molar-refractivity contribution is -0.139. The molecule has 0 bridgehead atoms. The van der Waals surface area contributed by atoms with Crippen LogP contribution in [0.1, 0.15) is 55.7 Å². The van der Waals surface area contributed by atoms with Crippen LogP contribution in [0.2, 0.25) is 0 Å². The van der Waals surface area contributed by atoms with Crippen LogP contribution >= 0.6 is 0 Å². The molecular weight excluding hydrogens is 522 g/mol. The number of aryl methyl sites for hydroxylation is 2. The monoisotopic (exact) mass is 561 g/mol. The Morgan fingerprint density at radius 3 is 2.15 bits per heavy atom. The molecule has 2 amide bonds. The Morgan fingerprint density at radius 1 is 0.875 bits per heavy atom. The number of carbonyl (C=O) groups excluding carboxylic acids is 2. The summed E-state index contributed by atoms with van der Waals surface area (Å²) >= 11 is 0. The zero-order chi connectivity index (χ0) is 28.7. The summed E-state index contributed by atoms with van der Waals surface area (Å²) in [6.45, 7) is 5.35. The first-order valence-corrected chi connectivity index (χ1v) is 15.4. The van der Waals surface area contributed by atoms with E-state index in [9.17, 15) is 18.0 Å². The third kappa shape index (κ3) is 7.10. The first-order chi connectivity index (χ1) is 19.2. The van der Waals surface area contributed by atoms with Crippen molar-refractivity contribution in [2.24, 2.45) is 0 Å². The Labute approximate surface area is 238 Å². The Kier molecular flexibility index (Phi) is 9.63. The van der Waals surface area contributed by atoms with Gasteiger partial charge in [-0.2, -0.15) is 0 Å². The highest BCUT2D eigenvalue weighted by Crippen LogP contribution is 2.25. The molecule has 212 valence electrons. The van der Waals surface area contributed by atoms with E-state index >= 15 is 0 Å². The highest BCUT2D eigenvalue weighted by Gasteiger charge is 2.33. The molecule has 0 aliphatic heterocycles. The van der Waals surface area contributed by atoms with Crippen molar-refractivity contribution in [3.63, 3.8) is 0 Å². The minimum atomic E-state index is -4.06. The number of carbonyl (C=O) groups is 2. The maximum Gasteiger partial charge on any atom is 0.264 e. The summed E-state index contributed by atoms with van der Waals surface area (Å²) in [6.07, 6.45) is 5.19. The van der Waals surface area contributed by atoms with Gasteiger partial charge in [0.25, 0.3) is 10.0 Å². The summed E-state index contributed by atoms with van der Waals surface area (Å²) in [5, 5.41) is 3.14. The SMILES string of the molecule is Cc1ccc(N(CC(=O)N(Cc2ccccc2C)C(C)C(=O)NC2CCCCC2)S(=O)(=O)c2ccccc2)cc1. The molecule has 1 aliphatic carbocycles. The van der Waals surface area contributed by atoms with E-state index in [-0.39, 0.29) is 23.4 Å². The van der Waals surface area contributed by atoms with Crippen molar-refractivity contribution < 1.29 is 18.0 Å². The van der Waals surface area contributed by atoms with Crippen LogP contribution in [0.25, 0.3) is 0 Å². The third-order valence-electron chi connectivity index (χ3n) is 7.65. The largest absolute Gasteiger partial charge is 0.352 e. The minimum Gasteiger partial charge on any atom is -0.352 e. The molecule has 4 rings (SSSR count). The highest BCUT2D eigenvalue weighted by atomic mass is 32.2. The van der Waals surface area contributed by atoms with Crippen LogP contribution in [0.4, 0.5) is 5.69 Å². The Hall–Kier alpha value is -3.65. The molecule has 7 nitrogen and oxygen atoms in total. The molecule has 1 N–H and O–H groups in total. The summed E-state index contributed by atoms with van der Waals surface area (Å²) in [4.78, 5) is 29.1. The van der Waals surface area contributed by atoms with Gasteiger partial charge in [-0.05, 0) is 69.0 Å². The molecule has 0 heterocycles. The average molecular weight is 562 g/mol. The van der Waals surface area contributed by atoms with E-state index in [0.717, 1.165) is 46.7 Å². The van der Waals surface area contributed by atoms with Crippen molar-refractivity contribution in [1.82, 2.24) is 10.2 Å². The van der Waals surface area contributed by atoms with E-state index in [4.69, 9.17) is 0 Å². The van der Waals surface area contributed by atoms with Crippen LogP contribution in [0.5, 0.6) is 0 Å². The molecule has 1 unspecified atom stereocenters. The van der Waals surface area contributed by atoms with Crippen LogP contribution in [0.15, 0.2) is 83.8 Å². The molecule has 3 aromatic rings. The van der Waals surface area contributed by atoms with Gasteiger partial charge in [0.1, 0.15) is 12.6 Å². The molecule has 3 aromatic carbocycles. The van der Waals surface area contributed by atoms with Gasteiger partial charge >= 0.3 is 0 Å². The summed E-state index contributed by atoms with van der Waals surface area (Å²) < 4.78 is 28.8. The van der Waals surface area contributed by atoms with Gasteiger partial charge in [-0.25, -0.2) is 8.42 Å². The lowest BCUT2D eigenvalue weighted by Crippen LogP contribution is -2.53. The topological polar surface area (TPSA) is 86.8 Å². The number of anilines is 1. The van der Waals surface area contributed by atoms with Gasteiger partial charge in [0.15, 0.2) is 0 Å². The number of benzene rings is 3. The summed E-state index contributed by atoms with van der Waals surface area (Å²) in [5.41, 5.74) is 3.26. The number of sulfonamides is 1. The molecule has 1 aliphatic rings. The Morgan fingerprint density at radius 2 is 1.50 bits per heavy atom. The van der Waals surface area contributed by atoms with Gasteiger partial charge in [-0.1, -0.05) is 79.4 Å². The molecule has 0 saturated heterocycles. The van der Waals surface area contributed by atoms with Gasteiger partial charge in [0.2, 0.25) is 11.8 Å². The second-order valence-corrected chi connectivity index (χ2v) is 12.5. The lowest BCUT2D eigenvalue weighted by Gasteiger charge is -2.33. The molecule has 1 fully saturated rings. The van der Waals surface area contributed by atoms with E-state index in [1.165, 1.54) is 23.5 Å². The minimum absolute atomic E-state index is 0.0944.